The summed E-state index contributed by atoms with van der Waals surface area (Å²) in [6.45, 7) is 4.97. The summed E-state index contributed by atoms with van der Waals surface area (Å²) in [5.41, 5.74) is 3.91. The molecular formula is C31H34N4O5. The number of methoxy groups -OCH3 is 2. The second kappa shape index (κ2) is 11.6. The summed E-state index contributed by atoms with van der Waals surface area (Å²) < 4.78 is 22.2. The number of fused-ring (bicyclic) bond motifs is 1. The Labute approximate surface area is 234 Å². The van der Waals surface area contributed by atoms with Crippen molar-refractivity contribution in [2.75, 3.05) is 53.7 Å². The summed E-state index contributed by atoms with van der Waals surface area (Å²) in [6, 6.07) is 21.8. The second-order valence-corrected chi connectivity index (χ2v) is 10.2. The number of hydrazone groups is 1. The number of amides is 1. The fourth-order valence-corrected chi connectivity index (χ4v) is 5.53. The van der Waals surface area contributed by atoms with Gasteiger partial charge in [0.05, 0.1) is 32.5 Å². The molecule has 0 saturated carbocycles. The number of carbonyl (C=O) groups is 1. The van der Waals surface area contributed by atoms with E-state index < -0.39 is 0 Å². The first kappa shape index (κ1) is 26.2. The van der Waals surface area contributed by atoms with E-state index in [1.165, 1.54) is 5.56 Å². The van der Waals surface area contributed by atoms with E-state index in [4.69, 9.17) is 24.0 Å². The molecule has 3 aliphatic heterocycles. The first-order chi connectivity index (χ1) is 19.6. The van der Waals surface area contributed by atoms with Gasteiger partial charge in [-0.15, -0.1) is 0 Å². The molecule has 1 saturated heterocycles. The molecule has 0 aromatic heterocycles. The van der Waals surface area contributed by atoms with Crippen molar-refractivity contribution in [3.8, 4) is 23.0 Å². The molecule has 3 aromatic carbocycles. The van der Waals surface area contributed by atoms with E-state index in [1.807, 2.05) is 42.5 Å². The van der Waals surface area contributed by atoms with Crippen LogP contribution in [0.2, 0.25) is 0 Å². The molecule has 1 amide bonds. The van der Waals surface area contributed by atoms with Crippen molar-refractivity contribution in [1.82, 2.24) is 14.8 Å². The van der Waals surface area contributed by atoms with Gasteiger partial charge in [-0.25, -0.2) is 5.01 Å². The molecule has 0 aliphatic carbocycles. The number of carbonyl (C=O) groups excluding carboxylic acids is 1. The molecule has 9 heteroatoms. The number of hydrogen-bond donors (Lipinski definition) is 0. The van der Waals surface area contributed by atoms with Gasteiger partial charge in [-0.1, -0.05) is 36.4 Å². The van der Waals surface area contributed by atoms with Crippen molar-refractivity contribution in [1.29, 1.82) is 0 Å². The molecule has 208 valence electrons. The Kier molecular flexibility index (Phi) is 7.57. The zero-order valence-corrected chi connectivity index (χ0v) is 22.9. The van der Waals surface area contributed by atoms with Gasteiger partial charge in [-0.05, 0) is 35.4 Å². The molecule has 3 heterocycles. The Morgan fingerprint density at radius 3 is 2.45 bits per heavy atom. The SMILES string of the molecule is COc1ccc(C2=NN(C(=O)CN3CCN(Cc4ccccc4)CC3)C(c3ccc4c(c3)OCO4)C2)c(OC)c1. The summed E-state index contributed by atoms with van der Waals surface area (Å²) in [4.78, 5) is 18.5. The van der Waals surface area contributed by atoms with Gasteiger partial charge >= 0.3 is 0 Å². The Balaban J connectivity index is 1.20. The molecule has 1 fully saturated rings. The van der Waals surface area contributed by atoms with Crippen molar-refractivity contribution in [2.45, 2.75) is 19.0 Å². The topological polar surface area (TPSA) is 76.1 Å². The number of ether oxygens (including phenoxy) is 4. The van der Waals surface area contributed by atoms with Gasteiger partial charge in [0.25, 0.3) is 5.91 Å². The van der Waals surface area contributed by atoms with Gasteiger partial charge < -0.3 is 18.9 Å². The van der Waals surface area contributed by atoms with Crippen LogP contribution >= 0.6 is 0 Å². The lowest BCUT2D eigenvalue weighted by Crippen LogP contribution is -2.49. The van der Waals surface area contributed by atoms with Crippen LogP contribution < -0.4 is 18.9 Å². The summed E-state index contributed by atoms with van der Waals surface area (Å²) in [6.07, 6.45) is 0.554. The largest absolute Gasteiger partial charge is 0.497 e. The average molecular weight is 543 g/mol. The highest BCUT2D eigenvalue weighted by Gasteiger charge is 2.36. The van der Waals surface area contributed by atoms with Gasteiger partial charge in [0.2, 0.25) is 6.79 Å². The monoisotopic (exact) mass is 542 g/mol. The maximum Gasteiger partial charge on any atom is 0.257 e. The highest BCUT2D eigenvalue weighted by atomic mass is 16.7. The molecule has 1 unspecified atom stereocenters. The van der Waals surface area contributed by atoms with Crippen LogP contribution in [0.15, 0.2) is 71.8 Å². The molecule has 0 N–H and O–H groups in total. The minimum atomic E-state index is -0.261. The standard InChI is InChI=1S/C31H34N4O5/c1-37-24-9-10-25(29(17-24)38-2)26-18-27(23-8-11-28-30(16-23)40-21-39-28)35(32-26)31(36)20-34-14-12-33(13-15-34)19-22-6-4-3-5-7-22/h3-11,16-17,27H,12-15,18-21H2,1-2H3. The van der Waals surface area contributed by atoms with E-state index in [9.17, 15) is 4.79 Å². The summed E-state index contributed by atoms with van der Waals surface area (Å²) in [5, 5.41) is 6.53. The third kappa shape index (κ3) is 5.48. The normalized spacial score (nSPS) is 19.0. The Bertz CT molecular complexity index is 1390. The molecule has 1 atom stereocenters. The van der Waals surface area contributed by atoms with Crippen molar-refractivity contribution in [3.63, 3.8) is 0 Å². The lowest BCUT2D eigenvalue weighted by Gasteiger charge is -2.35. The summed E-state index contributed by atoms with van der Waals surface area (Å²) >= 11 is 0. The highest BCUT2D eigenvalue weighted by molar-refractivity contribution is 6.05. The van der Waals surface area contributed by atoms with Gasteiger partial charge in [0.15, 0.2) is 11.5 Å². The number of piperazine rings is 1. The second-order valence-electron chi connectivity index (χ2n) is 10.2. The van der Waals surface area contributed by atoms with Crippen molar-refractivity contribution in [2.24, 2.45) is 5.10 Å². The highest BCUT2D eigenvalue weighted by Crippen LogP contribution is 2.40. The average Bonchev–Trinajstić information content (AvgIpc) is 3.66. The van der Waals surface area contributed by atoms with Crippen molar-refractivity contribution >= 4 is 11.6 Å². The predicted molar refractivity (Wildman–Crippen MR) is 151 cm³/mol. The fourth-order valence-electron chi connectivity index (χ4n) is 5.53. The Morgan fingerprint density at radius 1 is 0.900 bits per heavy atom. The number of nitrogens with zero attached hydrogens (tertiary/aromatic N) is 4. The lowest BCUT2D eigenvalue weighted by atomic mass is 9.97. The van der Waals surface area contributed by atoms with E-state index in [-0.39, 0.29) is 18.7 Å². The first-order valence-corrected chi connectivity index (χ1v) is 13.6. The van der Waals surface area contributed by atoms with Crippen LogP contribution in [0.5, 0.6) is 23.0 Å². The lowest BCUT2D eigenvalue weighted by molar-refractivity contribution is -0.134. The molecule has 0 spiro atoms. The number of benzene rings is 3. The Hall–Kier alpha value is -4.08. The Morgan fingerprint density at radius 2 is 1.68 bits per heavy atom. The quantitative estimate of drug-likeness (QED) is 0.427. The summed E-state index contributed by atoms with van der Waals surface area (Å²) in [7, 11) is 3.25. The minimum Gasteiger partial charge on any atom is -0.497 e. The van der Waals surface area contributed by atoms with Gasteiger partial charge in [0, 0.05) is 50.8 Å². The molecule has 9 nitrogen and oxygen atoms in total. The van der Waals surface area contributed by atoms with Gasteiger partial charge in [-0.3, -0.25) is 14.6 Å². The maximum atomic E-state index is 13.8. The fraction of sp³-hybridized carbons (Fsp3) is 0.355. The van der Waals surface area contributed by atoms with E-state index in [2.05, 4.69) is 34.1 Å². The van der Waals surface area contributed by atoms with Gasteiger partial charge in [0.1, 0.15) is 11.5 Å². The third-order valence-electron chi connectivity index (χ3n) is 7.74. The molecule has 6 rings (SSSR count). The smallest absolute Gasteiger partial charge is 0.257 e. The van der Waals surface area contributed by atoms with Crippen LogP contribution in [-0.4, -0.2) is 80.2 Å². The molecule has 3 aliphatic rings. The van der Waals surface area contributed by atoms with Crippen molar-refractivity contribution in [3.05, 3.63) is 83.4 Å². The van der Waals surface area contributed by atoms with Crippen LogP contribution in [0.25, 0.3) is 0 Å². The maximum absolute atomic E-state index is 13.8. The van der Waals surface area contributed by atoms with Crippen LogP contribution in [0.3, 0.4) is 0 Å². The number of rotatable bonds is 8. The molecule has 3 aromatic rings. The molecule has 0 radical (unpaired) electrons. The minimum absolute atomic E-state index is 0.0262. The molecule has 40 heavy (non-hydrogen) atoms. The summed E-state index contributed by atoms with van der Waals surface area (Å²) in [5.74, 6) is 2.74. The molecule has 0 bridgehead atoms. The zero-order valence-electron chi connectivity index (χ0n) is 22.9. The van der Waals surface area contributed by atoms with Crippen molar-refractivity contribution < 1.29 is 23.7 Å². The number of hydrogen-bond acceptors (Lipinski definition) is 8. The molecular weight excluding hydrogens is 508 g/mol. The van der Waals surface area contributed by atoms with Crippen LogP contribution in [0.1, 0.15) is 29.2 Å². The predicted octanol–water partition coefficient (Wildman–Crippen LogP) is 3.93. The van der Waals surface area contributed by atoms with E-state index in [1.54, 1.807) is 19.2 Å². The third-order valence-corrected chi connectivity index (χ3v) is 7.74. The van der Waals surface area contributed by atoms with E-state index in [0.717, 1.165) is 49.6 Å². The van der Waals surface area contributed by atoms with E-state index in [0.29, 0.717) is 36.0 Å². The first-order valence-electron chi connectivity index (χ1n) is 13.6. The van der Waals surface area contributed by atoms with E-state index >= 15 is 0 Å². The van der Waals surface area contributed by atoms with Crippen LogP contribution in [0, 0.1) is 0 Å². The van der Waals surface area contributed by atoms with Crippen LogP contribution in [-0.2, 0) is 11.3 Å². The zero-order chi connectivity index (χ0) is 27.5. The van der Waals surface area contributed by atoms with Gasteiger partial charge in [-0.2, -0.15) is 5.10 Å². The van der Waals surface area contributed by atoms with Crippen LogP contribution in [0.4, 0.5) is 0 Å².